The van der Waals surface area contributed by atoms with Crippen molar-refractivity contribution < 1.29 is 8.42 Å². The summed E-state index contributed by atoms with van der Waals surface area (Å²) in [6, 6.07) is 0. The van der Waals surface area contributed by atoms with Crippen molar-refractivity contribution in [3.8, 4) is 0 Å². The summed E-state index contributed by atoms with van der Waals surface area (Å²) in [4.78, 5) is 0. The Balaban J connectivity index is 0. The first-order valence-electron chi connectivity index (χ1n) is 1.04. The number of rotatable bonds is 0. The van der Waals surface area contributed by atoms with Crippen LogP contribution in [0.1, 0.15) is 0 Å². The Kier molecular flexibility index (Phi) is 13.3. The fourth-order valence-electron chi connectivity index (χ4n) is 0. The third-order valence-corrected chi connectivity index (χ3v) is 0. The summed E-state index contributed by atoms with van der Waals surface area (Å²) in [5.41, 5.74) is 0. The van der Waals surface area contributed by atoms with Crippen LogP contribution in [0.3, 0.4) is 0 Å². The molecule has 0 amide bonds. The molecule has 0 rings (SSSR count). The maximum absolute atomic E-state index is 8.67. The first kappa shape index (κ1) is 9.03. The predicted octanol–water partition coefficient (Wildman–Crippen LogP) is 0.430. The fourth-order valence-corrected chi connectivity index (χ4v) is 0. The molecule has 0 aliphatic heterocycles. The smallest absolute Gasteiger partial charge is 0.188 e. The van der Waals surface area contributed by atoms with E-state index in [-0.39, 0.29) is 0 Å². The van der Waals surface area contributed by atoms with Gasteiger partial charge in [-0.15, -0.1) is 13.2 Å². The first-order chi connectivity index (χ1) is 2.73. The summed E-state index contributed by atoms with van der Waals surface area (Å²) < 4.78 is 22.8. The van der Waals surface area contributed by atoms with E-state index in [0.717, 1.165) is 0 Å². The molecule has 0 bridgehead atoms. The SMILES string of the molecule is C=C.N=S(=O)=O. The van der Waals surface area contributed by atoms with Gasteiger partial charge in [0.2, 0.25) is 0 Å². The molecule has 0 fully saturated rings. The van der Waals surface area contributed by atoms with Crippen LogP contribution in [0, 0.1) is 4.78 Å². The molecule has 36 valence electrons. The minimum atomic E-state index is -2.61. The molecule has 0 saturated carbocycles. The summed E-state index contributed by atoms with van der Waals surface area (Å²) >= 11 is 0. The highest BCUT2D eigenvalue weighted by atomic mass is 32.2. The van der Waals surface area contributed by atoms with Crippen LogP contribution < -0.4 is 0 Å². The average Bonchev–Trinajstić information content (AvgIpc) is 1.41. The second kappa shape index (κ2) is 8.84. The van der Waals surface area contributed by atoms with Gasteiger partial charge in [-0.3, -0.25) is 0 Å². The summed E-state index contributed by atoms with van der Waals surface area (Å²) in [5, 5.41) is 0. The van der Waals surface area contributed by atoms with Crippen LogP contribution in [0.15, 0.2) is 13.2 Å². The molecule has 0 atom stereocenters. The lowest BCUT2D eigenvalue weighted by atomic mass is 11.3. The molecule has 6 heavy (non-hydrogen) atoms. The molecule has 0 radical (unpaired) electrons. The van der Waals surface area contributed by atoms with Gasteiger partial charge in [-0.25, -0.2) is 0 Å². The van der Waals surface area contributed by atoms with Crippen LogP contribution in [0.2, 0.25) is 0 Å². The first-order valence-corrected chi connectivity index (χ1v) is 2.11. The Labute approximate surface area is 37.8 Å². The standard InChI is InChI=1S/C2H4.HNO2S/c1-2;1-4(2)3/h1-2H2;1H. The van der Waals surface area contributed by atoms with Crippen LogP contribution in [0.4, 0.5) is 0 Å². The average molecular weight is 107 g/mol. The van der Waals surface area contributed by atoms with E-state index in [1.54, 1.807) is 0 Å². The van der Waals surface area contributed by atoms with Gasteiger partial charge in [-0.1, -0.05) is 0 Å². The quantitative estimate of drug-likeness (QED) is 0.456. The van der Waals surface area contributed by atoms with Crippen molar-refractivity contribution >= 4 is 10.5 Å². The highest BCUT2D eigenvalue weighted by molar-refractivity contribution is 7.60. The molecule has 0 unspecified atom stereocenters. The molecule has 0 aliphatic rings. The van der Waals surface area contributed by atoms with E-state index >= 15 is 0 Å². The summed E-state index contributed by atoms with van der Waals surface area (Å²) in [7, 11) is -2.61. The molecule has 0 heterocycles. The Morgan fingerprint density at radius 3 is 1.33 bits per heavy atom. The van der Waals surface area contributed by atoms with Gasteiger partial charge in [-0.05, 0) is 0 Å². The van der Waals surface area contributed by atoms with Gasteiger partial charge in [0.15, 0.2) is 0 Å². The second-order valence-electron chi connectivity index (χ2n) is 0.235. The molecule has 0 spiro atoms. The third-order valence-electron chi connectivity index (χ3n) is 0. The van der Waals surface area contributed by atoms with E-state index in [2.05, 4.69) is 13.2 Å². The Hall–Kier alpha value is -0.640. The predicted molar refractivity (Wildman–Crippen MR) is 22.9 cm³/mol. The van der Waals surface area contributed by atoms with Crippen LogP contribution >= 0.6 is 0 Å². The van der Waals surface area contributed by atoms with Crippen LogP contribution in [0.5, 0.6) is 0 Å². The molecule has 0 aliphatic carbocycles. The van der Waals surface area contributed by atoms with Crippen molar-refractivity contribution in [3.63, 3.8) is 0 Å². The lowest BCUT2D eigenvalue weighted by Gasteiger charge is -1.18. The maximum Gasteiger partial charge on any atom is 0.308 e. The monoisotopic (exact) mass is 107 g/mol. The lowest BCUT2D eigenvalue weighted by Crippen LogP contribution is -1.34. The van der Waals surface area contributed by atoms with Crippen LogP contribution in [-0.4, -0.2) is 8.42 Å². The van der Waals surface area contributed by atoms with E-state index in [9.17, 15) is 0 Å². The maximum atomic E-state index is 8.67. The van der Waals surface area contributed by atoms with E-state index in [0.29, 0.717) is 0 Å². The van der Waals surface area contributed by atoms with Crippen LogP contribution in [0.25, 0.3) is 0 Å². The van der Waals surface area contributed by atoms with Crippen LogP contribution in [-0.2, 0) is 10.5 Å². The topological polar surface area (TPSA) is 58.0 Å². The third kappa shape index (κ3) is 45.7. The minimum absolute atomic E-state index is 2.61. The van der Waals surface area contributed by atoms with E-state index in [4.69, 9.17) is 13.2 Å². The van der Waals surface area contributed by atoms with Gasteiger partial charge in [0.1, 0.15) is 0 Å². The van der Waals surface area contributed by atoms with Crippen molar-refractivity contribution in [2.75, 3.05) is 0 Å². The fraction of sp³-hybridized carbons (Fsp3) is 0. The number of hydrogen-bond acceptors (Lipinski definition) is 3. The molecule has 0 aromatic carbocycles. The normalized spacial score (nSPS) is 4.67. The van der Waals surface area contributed by atoms with Gasteiger partial charge < -0.3 is 0 Å². The molecule has 3 nitrogen and oxygen atoms in total. The van der Waals surface area contributed by atoms with Gasteiger partial charge in [0, 0.05) is 0 Å². The van der Waals surface area contributed by atoms with Crippen molar-refractivity contribution in [1.29, 1.82) is 4.78 Å². The van der Waals surface area contributed by atoms with E-state index in [1.807, 2.05) is 0 Å². The van der Waals surface area contributed by atoms with Gasteiger partial charge >= 0.3 is 10.5 Å². The van der Waals surface area contributed by atoms with Crippen molar-refractivity contribution in [2.45, 2.75) is 0 Å². The zero-order chi connectivity index (χ0) is 5.58. The molecule has 1 N–H and O–H groups in total. The molecule has 0 aromatic rings. The number of nitrogens with one attached hydrogen (secondary N) is 1. The zero-order valence-electron chi connectivity index (χ0n) is 3.14. The molecule has 0 saturated heterocycles. The van der Waals surface area contributed by atoms with Gasteiger partial charge in [0.25, 0.3) is 0 Å². The Morgan fingerprint density at radius 2 is 1.33 bits per heavy atom. The van der Waals surface area contributed by atoms with E-state index in [1.165, 1.54) is 0 Å². The van der Waals surface area contributed by atoms with E-state index < -0.39 is 10.5 Å². The largest absolute Gasteiger partial charge is 0.308 e. The highest BCUT2D eigenvalue weighted by Gasteiger charge is 1.32. The highest BCUT2D eigenvalue weighted by Crippen LogP contribution is 1.15. The second-order valence-corrected chi connectivity index (χ2v) is 0.704. The summed E-state index contributed by atoms with van der Waals surface area (Å²) in [6.45, 7) is 6.00. The lowest BCUT2D eigenvalue weighted by molar-refractivity contribution is 0.620. The van der Waals surface area contributed by atoms with Gasteiger partial charge in [0.05, 0.1) is 0 Å². The number of hydrogen-bond donors (Lipinski definition) is 1. The summed E-state index contributed by atoms with van der Waals surface area (Å²) in [6.07, 6.45) is 0. The minimum Gasteiger partial charge on any atom is -0.188 e. The molecule has 4 heteroatoms. The van der Waals surface area contributed by atoms with Gasteiger partial charge in [-0.2, -0.15) is 13.2 Å². The summed E-state index contributed by atoms with van der Waals surface area (Å²) in [5.74, 6) is 0. The molecular weight excluding hydrogens is 102 g/mol. The molecule has 0 aromatic heterocycles. The Morgan fingerprint density at radius 1 is 1.33 bits per heavy atom. The molecular formula is C2H5NO2S. The van der Waals surface area contributed by atoms with Crippen molar-refractivity contribution in [1.82, 2.24) is 0 Å². The van der Waals surface area contributed by atoms with Crippen molar-refractivity contribution in [2.24, 2.45) is 0 Å². The van der Waals surface area contributed by atoms with Crippen molar-refractivity contribution in [3.05, 3.63) is 13.2 Å². The Bertz CT molecular complexity index is 91.7. The zero-order valence-corrected chi connectivity index (χ0v) is 3.96.